The van der Waals surface area contributed by atoms with Crippen molar-refractivity contribution in [1.29, 1.82) is 0 Å². The number of methoxy groups -OCH3 is 1. The predicted molar refractivity (Wildman–Crippen MR) is 146 cm³/mol. The normalized spacial score (nSPS) is 19.3. The van der Waals surface area contributed by atoms with Gasteiger partial charge in [0.05, 0.1) is 24.0 Å². The molecule has 37 heavy (non-hydrogen) atoms. The first-order chi connectivity index (χ1) is 17.6. The molecule has 1 atom stereocenters. The molecule has 4 rings (SSSR count). The maximum absolute atomic E-state index is 13.8. The van der Waals surface area contributed by atoms with Crippen LogP contribution in [0.4, 0.5) is 5.82 Å². The first-order valence-electron chi connectivity index (χ1n) is 12.0. The summed E-state index contributed by atoms with van der Waals surface area (Å²) in [6.45, 7) is 7.10. The molecular formula is C25H29N5O5S2. The predicted octanol–water partition coefficient (Wildman–Crippen LogP) is 2.12. The van der Waals surface area contributed by atoms with Crippen molar-refractivity contribution in [3.63, 3.8) is 0 Å². The number of aromatic nitrogens is 2. The second-order valence-electron chi connectivity index (χ2n) is 9.34. The molecule has 2 aromatic heterocycles. The number of nitrogens with one attached hydrogen (secondary N) is 1. The monoisotopic (exact) mass is 543 g/mol. The van der Waals surface area contributed by atoms with Gasteiger partial charge in [0.2, 0.25) is 5.91 Å². The number of ether oxygens (including phenoxy) is 1. The van der Waals surface area contributed by atoms with Gasteiger partial charge >= 0.3 is 5.97 Å². The minimum absolute atomic E-state index is 0.150. The molecule has 2 saturated heterocycles. The fourth-order valence-electron chi connectivity index (χ4n) is 4.27. The van der Waals surface area contributed by atoms with Crippen LogP contribution in [0, 0.1) is 12.8 Å². The van der Waals surface area contributed by atoms with Crippen molar-refractivity contribution in [2.45, 2.75) is 39.7 Å². The topological polar surface area (TPSA) is 113 Å². The van der Waals surface area contributed by atoms with E-state index < -0.39 is 12.0 Å². The quantitative estimate of drug-likeness (QED) is 0.319. The molecule has 2 fully saturated rings. The van der Waals surface area contributed by atoms with Crippen molar-refractivity contribution in [3.05, 3.63) is 44.7 Å². The van der Waals surface area contributed by atoms with Crippen molar-refractivity contribution in [2.24, 2.45) is 5.92 Å². The molecule has 0 aliphatic carbocycles. The van der Waals surface area contributed by atoms with Gasteiger partial charge in [0, 0.05) is 25.8 Å². The fourth-order valence-corrected chi connectivity index (χ4v) is 5.56. The van der Waals surface area contributed by atoms with E-state index in [-0.39, 0.29) is 35.2 Å². The van der Waals surface area contributed by atoms with Gasteiger partial charge in [-0.1, -0.05) is 43.9 Å². The molecule has 1 unspecified atom stereocenters. The van der Waals surface area contributed by atoms with E-state index in [1.165, 1.54) is 17.6 Å². The number of amides is 2. The van der Waals surface area contributed by atoms with Gasteiger partial charge < -0.3 is 15.0 Å². The second kappa shape index (κ2) is 11.0. The second-order valence-corrected chi connectivity index (χ2v) is 11.0. The van der Waals surface area contributed by atoms with Gasteiger partial charge in [0.25, 0.3) is 11.5 Å². The molecular weight excluding hydrogens is 514 g/mol. The highest BCUT2D eigenvalue weighted by molar-refractivity contribution is 8.26. The van der Waals surface area contributed by atoms with E-state index in [1.807, 2.05) is 13.0 Å². The van der Waals surface area contributed by atoms with Gasteiger partial charge in [-0.2, -0.15) is 0 Å². The first-order valence-corrected chi connectivity index (χ1v) is 13.2. The smallest absolute Gasteiger partial charge is 0.308 e. The van der Waals surface area contributed by atoms with Crippen molar-refractivity contribution in [2.75, 3.05) is 31.6 Å². The average molecular weight is 544 g/mol. The number of thiocarbonyl (C=S) groups is 1. The molecule has 0 saturated carbocycles. The number of hydrogen-bond acceptors (Lipinski definition) is 9. The summed E-state index contributed by atoms with van der Waals surface area (Å²) in [5, 5.41) is 2.76. The zero-order valence-electron chi connectivity index (χ0n) is 21.1. The molecule has 0 radical (unpaired) electrons. The van der Waals surface area contributed by atoms with Crippen molar-refractivity contribution in [1.82, 2.24) is 19.6 Å². The Kier molecular flexibility index (Phi) is 7.98. The lowest BCUT2D eigenvalue weighted by Gasteiger charge is -2.36. The van der Waals surface area contributed by atoms with Crippen LogP contribution in [-0.4, -0.2) is 69.2 Å². The molecule has 0 bridgehead atoms. The number of aryl methyl sites for hydroxylation is 1. The minimum Gasteiger partial charge on any atom is -0.469 e. The number of fused-ring (bicyclic) bond motifs is 1. The zero-order chi connectivity index (χ0) is 26.9. The van der Waals surface area contributed by atoms with Crippen LogP contribution >= 0.6 is 24.0 Å². The largest absolute Gasteiger partial charge is 0.469 e. The number of piperazine rings is 1. The van der Waals surface area contributed by atoms with Gasteiger partial charge in [-0.3, -0.25) is 28.5 Å². The van der Waals surface area contributed by atoms with Crippen LogP contribution in [0.3, 0.4) is 0 Å². The molecule has 2 aliphatic heterocycles. The van der Waals surface area contributed by atoms with E-state index in [0.29, 0.717) is 40.4 Å². The highest BCUT2D eigenvalue weighted by Gasteiger charge is 2.36. The maximum atomic E-state index is 13.8. The Morgan fingerprint density at radius 1 is 1.35 bits per heavy atom. The van der Waals surface area contributed by atoms with Crippen molar-refractivity contribution in [3.8, 4) is 0 Å². The summed E-state index contributed by atoms with van der Waals surface area (Å²) in [6, 6.07) is 2.65. The Hall–Kier alpha value is -3.25. The van der Waals surface area contributed by atoms with Crippen LogP contribution in [-0.2, 0) is 19.1 Å². The molecule has 196 valence electrons. The fraction of sp³-hybridized carbons (Fsp3) is 0.440. The van der Waals surface area contributed by atoms with Gasteiger partial charge in [0.1, 0.15) is 21.8 Å². The van der Waals surface area contributed by atoms with Crippen molar-refractivity contribution >= 4 is 63.6 Å². The SMILES string of the molecule is COC(=O)CC1C(=O)NCCN1c1nc2c(C)cccn2c(=O)c1/C=C1\SC(=S)N(CCC(C)C)C1=O. The summed E-state index contributed by atoms with van der Waals surface area (Å²) in [7, 11) is 1.25. The standard InChI is InChI=1S/C25H29N5O5S2/c1-14(2)7-10-30-24(34)18(37-25(30)36)12-16-21(27-20-15(3)6-5-9-29(20)23(16)33)28-11-8-26-22(32)17(28)13-19(31)35-4/h5-6,9,12,14,17H,7-8,10-11,13H2,1-4H3,(H,26,32)/b18-12-. The third kappa shape index (κ3) is 5.40. The molecule has 2 aromatic rings. The molecule has 0 spiro atoms. The summed E-state index contributed by atoms with van der Waals surface area (Å²) in [4.78, 5) is 60.2. The Morgan fingerprint density at radius 2 is 2.11 bits per heavy atom. The van der Waals surface area contributed by atoms with Crippen LogP contribution in [0.15, 0.2) is 28.0 Å². The number of pyridine rings is 1. The van der Waals surface area contributed by atoms with E-state index in [1.54, 1.807) is 22.1 Å². The van der Waals surface area contributed by atoms with Crippen LogP contribution in [0.5, 0.6) is 0 Å². The molecule has 2 aliphatic rings. The van der Waals surface area contributed by atoms with Crippen LogP contribution in [0.2, 0.25) is 0 Å². The average Bonchev–Trinajstić information content (AvgIpc) is 3.12. The summed E-state index contributed by atoms with van der Waals surface area (Å²) >= 11 is 6.59. The summed E-state index contributed by atoms with van der Waals surface area (Å²) in [5.74, 6) is -0.564. The Labute approximate surface area is 224 Å². The number of anilines is 1. The lowest BCUT2D eigenvalue weighted by molar-refractivity contribution is -0.143. The van der Waals surface area contributed by atoms with Gasteiger partial charge in [-0.05, 0) is 37.0 Å². The molecule has 1 N–H and O–H groups in total. The minimum atomic E-state index is -0.924. The van der Waals surface area contributed by atoms with Gasteiger partial charge in [0.15, 0.2) is 0 Å². The molecule has 0 aromatic carbocycles. The number of nitrogens with zero attached hydrogens (tertiary/aromatic N) is 4. The number of rotatable bonds is 7. The van der Waals surface area contributed by atoms with E-state index in [4.69, 9.17) is 21.9 Å². The molecule has 10 nitrogen and oxygen atoms in total. The van der Waals surface area contributed by atoms with E-state index in [0.717, 1.165) is 23.7 Å². The Morgan fingerprint density at radius 3 is 2.81 bits per heavy atom. The van der Waals surface area contributed by atoms with Gasteiger partial charge in [-0.15, -0.1) is 0 Å². The van der Waals surface area contributed by atoms with Crippen molar-refractivity contribution < 1.29 is 19.1 Å². The zero-order valence-corrected chi connectivity index (χ0v) is 22.8. The summed E-state index contributed by atoms with van der Waals surface area (Å²) in [6.07, 6.45) is 3.70. The van der Waals surface area contributed by atoms with Gasteiger partial charge in [-0.25, -0.2) is 4.98 Å². The number of thioether (sulfide) groups is 1. The highest BCUT2D eigenvalue weighted by atomic mass is 32.2. The third-order valence-corrected chi connectivity index (χ3v) is 7.71. The van der Waals surface area contributed by atoms with Crippen LogP contribution in [0.25, 0.3) is 11.7 Å². The summed E-state index contributed by atoms with van der Waals surface area (Å²) in [5.41, 5.74) is 0.946. The van der Waals surface area contributed by atoms with Crippen LogP contribution < -0.4 is 15.8 Å². The lowest BCUT2D eigenvalue weighted by atomic mass is 10.1. The van der Waals surface area contributed by atoms with E-state index in [2.05, 4.69) is 19.2 Å². The Bertz CT molecular complexity index is 1370. The number of carbonyl (C=O) groups is 3. The van der Waals surface area contributed by atoms with E-state index >= 15 is 0 Å². The number of hydrogen-bond donors (Lipinski definition) is 1. The Balaban J connectivity index is 1.87. The third-order valence-electron chi connectivity index (χ3n) is 6.33. The molecule has 4 heterocycles. The lowest BCUT2D eigenvalue weighted by Crippen LogP contribution is -2.57. The van der Waals surface area contributed by atoms with E-state index in [9.17, 15) is 19.2 Å². The maximum Gasteiger partial charge on any atom is 0.308 e. The molecule has 2 amide bonds. The van der Waals surface area contributed by atoms with Crippen LogP contribution in [0.1, 0.15) is 37.8 Å². The summed E-state index contributed by atoms with van der Waals surface area (Å²) < 4.78 is 6.66. The number of esters is 1. The highest BCUT2D eigenvalue weighted by Crippen LogP contribution is 2.34. The first kappa shape index (κ1) is 26.8. The molecule has 12 heteroatoms. The number of carbonyl (C=O) groups excluding carboxylic acids is 3.